The third-order valence-corrected chi connectivity index (χ3v) is 8.50. The molecule has 3 rings (SSSR count). The Bertz CT molecular complexity index is 1390. The first-order valence-corrected chi connectivity index (χ1v) is 14.8. The van der Waals surface area contributed by atoms with Gasteiger partial charge in [0, 0.05) is 22.6 Å². The average Bonchev–Trinajstić information content (AvgIpc) is 2.89. The maximum atomic E-state index is 13.9. The summed E-state index contributed by atoms with van der Waals surface area (Å²) in [6, 6.07) is 19.3. The Balaban J connectivity index is 2.04. The molecule has 3 aromatic carbocycles. The van der Waals surface area contributed by atoms with E-state index in [0.717, 1.165) is 20.8 Å². The van der Waals surface area contributed by atoms with Gasteiger partial charge in [0.15, 0.2) is 0 Å². The van der Waals surface area contributed by atoms with Crippen LogP contribution in [-0.4, -0.2) is 44.3 Å². The Morgan fingerprint density at radius 2 is 1.74 bits per heavy atom. The molecule has 0 radical (unpaired) electrons. The second kappa shape index (κ2) is 13.3. The number of halogens is 2. The SMILES string of the molecule is CCCNC(=O)C(C)N(Cc1cccc(Br)c1)C(=O)CN(c1ccc(Cl)cc1C)S(=O)(=O)c1ccccc1. The zero-order valence-electron chi connectivity index (χ0n) is 21.5. The zero-order chi connectivity index (χ0) is 27.9. The largest absolute Gasteiger partial charge is 0.354 e. The van der Waals surface area contributed by atoms with E-state index in [2.05, 4.69) is 21.2 Å². The van der Waals surface area contributed by atoms with Crippen molar-refractivity contribution < 1.29 is 18.0 Å². The number of sulfonamides is 1. The van der Waals surface area contributed by atoms with Crippen LogP contribution in [0.4, 0.5) is 5.69 Å². The van der Waals surface area contributed by atoms with Gasteiger partial charge in [-0.1, -0.05) is 64.8 Å². The van der Waals surface area contributed by atoms with Crippen molar-refractivity contribution >= 4 is 55.1 Å². The van der Waals surface area contributed by atoms with Gasteiger partial charge in [-0.2, -0.15) is 0 Å². The van der Waals surface area contributed by atoms with Crippen molar-refractivity contribution in [2.45, 2.75) is 44.7 Å². The fourth-order valence-corrected chi connectivity index (χ4v) is 6.12. The van der Waals surface area contributed by atoms with Crippen LogP contribution in [0.15, 0.2) is 82.2 Å². The Labute approximate surface area is 238 Å². The van der Waals surface area contributed by atoms with Gasteiger partial charge in [0.05, 0.1) is 10.6 Å². The monoisotopic (exact) mass is 619 g/mol. The van der Waals surface area contributed by atoms with E-state index in [0.29, 0.717) is 22.8 Å². The van der Waals surface area contributed by atoms with Crippen LogP contribution in [0.1, 0.15) is 31.4 Å². The molecule has 0 spiro atoms. The summed E-state index contributed by atoms with van der Waals surface area (Å²) in [6.45, 7) is 5.41. The lowest BCUT2D eigenvalue weighted by Crippen LogP contribution is -2.51. The summed E-state index contributed by atoms with van der Waals surface area (Å²) in [4.78, 5) is 28.3. The molecular weight excluding hydrogens is 590 g/mol. The average molecular weight is 621 g/mol. The van der Waals surface area contributed by atoms with E-state index in [-0.39, 0.29) is 17.3 Å². The molecule has 1 atom stereocenters. The van der Waals surface area contributed by atoms with Crippen LogP contribution in [0.25, 0.3) is 0 Å². The summed E-state index contributed by atoms with van der Waals surface area (Å²) < 4.78 is 29.5. The van der Waals surface area contributed by atoms with Crippen LogP contribution in [0.2, 0.25) is 5.02 Å². The topological polar surface area (TPSA) is 86.8 Å². The van der Waals surface area contributed by atoms with Crippen LogP contribution in [0.3, 0.4) is 0 Å². The predicted molar refractivity (Wildman–Crippen MR) is 155 cm³/mol. The fourth-order valence-electron chi connectivity index (χ4n) is 3.94. The first kappa shape index (κ1) is 29.7. The highest BCUT2D eigenvalue weighted by Crippen LogP contribution is 2.29. The van der Waals surface area contributed by atoms with Gasteiger partial charge in [-0.15, -0.1) is 0 Å². The van der Waals surface area contributed by atoms with Gasteiger partial charge in [0.1, 0.15) is 12.6 Å². The molecule has 0 aliphatic heterocycles. The first-order valence-electron chi connectivity index (χ1n) is 12.2. The summed E-state index contributed by atoms with van der Waals surface area (Å²) in [7, 11) is -4.12. The van der Waals surface area contributed by atoms with Crippen molar-refractivity contribution in [1.82, 2.24) is 10.2 Å². The predicted octanol–water partition coefficient (Wildman–Crippen LogP) is 5.55. The van der Waals surface area contributed by atoms with Crippen LogP contribution < -0.4 is 9.62 Å². The third-order valence-electron chi connectivity index (χ3n) is 6.00. The van der Waals surface area contributed by atoms with Crippen molar-refractivity contribution in [3.63, 3.8) is 0 Å². The number of aryl methyl sites for hydroxylation is 1. The minimum Gasteiger partial charge on any atom is -0.354 e. The van der Waals surface area contributed by atoms with Crippen molar-refractivity contribution in [1.29, 1.82) is 0 Å². The second-order valence-electron chi connectivity index (χ2n) is 8.87. The van der Waals surface area contributed by atoms with E-state index >= 15 is 0 Å². The maximum absolute atomic E-state index is 13.9. The van der Waals surface area contributed by atoms with E-state index in [1.165, 1.54) is 17.0 Å². The lowest BCUT2D eigenvalue weighted by molar-refractivity contribution is -0.139. The minimum atomic E-state index is -4.12. The van der Waals surface area contributed by atoms with Crippen molar-refractivity contribution in [2.75, 3.05) is 17.4 Å². The first-order chi connectivity index (χ1) is 18.0. The third kappa shape index (κ3) is 7.36. The number of rotatable bonds is 11. The maximum Gasteiger partial charge on any atom is 0.264 e. The van der Waals surface area contributed by atoms with E-state index < -0.39 is 28.5 Å². The highest BCUT2D eigenvalue weighted by atomic mass is 79.9. The molecule has 0 aliphatic rings. The lowest BCUT2D eigenvalue weighted by Gasteiger charge is -2.32. The second-order valence-corrected chi connectivity index (χ2v) is 12.1. The van der Waals surface area contributed by atoms with Gasteiger partial charge in [0.25, 0.3) is 10.0 Å². The van der Waals surface area contributed by atoms with Crippen molar-refractivity contribution in [3.8, 4) is 0 Å². The molecule has 1 N–H and O–H groups in total. The summed E-state index contributed by atoms with van der Waals surface area (Å²) in [5.74, 6) is -0.826. The summed E-state index contributed by atoms with van der Waals surface area (Å²) in [5.41, 5.74) is 1.72. The van der Waals surface area contributed by atoms with E-state index in [1.807, 2.05) is 31.2 Å². The molecule has 0 fully saturated rings. The number of carbonyl (C=O) groups is 2. The molecule has 0 saturated heterocycles. The molecule has 202 valence electrons. The summed E-state index contributed by atoms with van der Waals surface area (Å²) in [5, 5.41) is 3.28. The molecule has 2 amide bonds. The molecule has 1 unspecified atom stereocenters. The molecular formula is C28H31BrClN3O4S. The Hall–Kier alpha value is -2.88. The molecule has 10 heteroatoms. The Morgan fingerprint density at radius 1 is 1.03 bits per heavy atom. The molecule has 7 nitrogen and oxygen atoms in total. The smallest absolute Gasteiger partial charge is 0.264 e. The molecule has 38 heavy (non-hydrogen) atoms. The van der Waals surface area contributed by atoms with Gasteiger partial charge in [-0.25, -0.2) is 8.42 Å². The van der Waals surface area contributed by atoms with Crippen LogP contribution >= 0.6 is 27.5 Å². The number of benzene rings is 3. The highest BCUT2D eigenvalue weighted by Gasteiger charge is 2.33. The standard InChI is InChI=1S/C28H31BrClN3O4S/c1-4-15-31-28(35)21(3)32(18-22-9-8-10-23(29)17-22)27(34)19-33(26-14-13-24(30)16-20(26)2)38(36,37)25-11-6-5-7-12-25/h5-14,16-17,21H,4,15,18-19H2,1-3H3,(H,31,35). The van der Waals surface area contributed by atoms with Gasteiger partial charge in [0.2, 0.25) is 11.8 Å². The van der Waals surface area contributed by atoms with Gasteiger partial charge < -0.3 is 10.2 Å². The molecule has 0 saturated carbocycles. The van der Waals surface area contributed by atoms with E-state index in [9.17, 15) is 18.0 Å². The van der Waals surface area contributed by atoms with Gasteiger partial charge >= 0.3 is 0 Å². The molecule has 3 aromatic rings. The fraction of sp³-hybridized carbons (Fsp3) is 0.286. The van der Waals surface area contributed by atoms with Crippen molar-refractivity contribution in [3.05, 3.63) is 93.4 Å². The number of anilines is 1. The number of hydrogen-bond donors (Lipinski definition) is 1. The number of amides is 2. The van der Waals surface area contributed by atoms with Gasteiger partial charge in [-0.05, 0) is 73.9 Å². The molecule has 0 aromatic heterocycles. The number of carbonyl (C=O) groups excluding carboxylic acids is 2. The number of nitrogens with zero attached hydrogens (tertiary/aromatic N) is 2. The quantitative estimate of drug-likeness (QED) is 0.305. The van der Waals surface area contributed by atoms with E-state index in [4.69, 9.17) is 11.6 Å². The van der Waals surface area contributed by atoms with Crippen LogP contribution in [-0.2, 0) is 26.2 Å². The van der Waals surface area contributed by atoms with Crippen LogP contribution in [0.5, 0.6) is 0 Å². The molecule has 0 bridgehead atoms. The number of hydrogen-bond acceptors (Lipinski definition) is 4. The molecule has 0 aliphatic carbocycles. The summed E-state index contributed by atoms with van der Waals surface area (Å²) >= 11 is 9.58. The van der Waals surface area contributed by atoms with E-state index in [1.54, 1.807) is 50.2 Å². The number of nitrogens with one attached hydrogen (secondary N) is 1. The minimum absolute atomic E-state index is 0.0504. The van der Waals surface area contributed by atoms with Crippen molar-refractivity contribution in [2.24, 2.45) is 0 Å². The molecule has 0 heterocycles. The normalized spacial score (nSPS) is 12.0. The summed E-state index contributed by atoms with van der Waals surface area (Å²) in [6.07, 6.45) is 0.747. The van der Waals surface area contributed by atoms with Gasteiger partial charge in [-0.3, -0.25) is 13.9 Å². The zero-order valence-corrected chi connectivity index (χ0v) is 24.7. The Morgan fingerprint density at radius 3 is 2.37 bits per heavy atom. The van der Waals surface area contributed by atoms with Crippen LogP contribution in [0, 0.1) is 6.92 Å². The Kier molecular flexibility index (Phi) is 10.4. The highest BCUT2D eigenvalue weighted by molar-refractivity contribution is 9.10. The lowest BCUT2D eigenvalue weighted by atomic mass is 10.1.